The number of hydrogen-bond acceptors (Lipinski definition) is 2. The van der Waals surface area contributed by atoms with Crippen LogP contribution in [0.4, 0.5) is 0 Å². The van der Waals surface area contributed by atoms with E-state index in [-0.39, 0.29) is 5.91 Å². The van der Waals surface area contributed by atoms with Gasteiger partial charge in [-0.15, -0.1) is 0 Å². The Morgan fingerprint density at radius 3 is 3.11 bits per heavy atom. The van der Waals surface area contributed by atoms with Crippen LogP contribution >= 0.6 is 11.6 Å². The van der Waals surface area contributed by atoms with Crippen LogP contribution < -0.4 is 10.6 Å². The van der Waals surface area contributed by atoms with Gasteiger partial charge >= 0.3 is 0 Å². The van der Waals surface area contributed by atoms with Gasteiger partial charge in [0, 0.05) is 47.7 Å². The minimum atomic E-state index is 0.153. The molecule has 1 fully saturated rings. The van der Waals surface area contributed by atoms with Crippen LogP contribution in [0.25, 0.3) is 10.9 Å². The van der Waals surface area contributed by atoms with Crippen LogP contribution in [-0.4, -0.2) is 23.5 Å². The average Bonchev–Trinajstić information content (AvgIpc) is 2.80. The predicted molar refractivity (Wildman–Crippen MR) is 76.2 cm³/mol. The highest BCUT2D eigenvalue weighted by molar-refractivity contribution is 6.31. The van der Waals surface area contributed by atoms with E-state index in [9.17, 15) is 4.79 Å². The molecular formula is C14H16ClN3O. The number of piperidine rings is 1. The standard InChI is InChI=1S/C14H16ClN3O/c15-10-1-3-12-9(7-17-13(12)5-10)6-16-11-2-4-14(19)18-8-11/h1,3,5,7,11,16-17H,2,4,6,8H2,(H,18,19). The summed E-state index contributed by atoms with van der Waals surface area (Å²) in [4.78, 5) is 14.3. The van der Waals surface area contributed by atoms with Crippen molar-refractivity contribution in [1.29, 1.82) is 0 Å². The van der Waals surface area contributed by atoms with Crippen LogP contribution in [-0.2, 0) is 11.3 Å². The van der Waals surface area contributed by atoms with E-state index in [0.717, 1.165) is 23.5 Å². The SMILES string of the molecule is O=C1CCC(NCc2c[nH]c3cc(Cl)ccc23)CN1. The first-order valence-corrected chi connectivity index (χ1v) is 6.86. The molecule has 1 aromatic heterocycles. The molecule has 0 saturated carbocycles. The molecule has 1 unspecified atom stereocenters. The number of halogens is 1. The predicted octanol–water partition coefficient (Wildman–Crippen LogP) is 2.19. The molecule has 0 radical (unpaired) electrons. The summed E-state index contributed by atoms with van der Waals surface area (Å²) in [6, 6.07) is 6.23. The molecule has 0 spiro atoms. The van der Waals surface area contributed by atoms with Gasteiger partial charge in [-0.05, 0) is 24.1 Å². The van der Waals surface area contributed by atoms with E-state index in [4.69, 9.17) is 11.6 Å². The molecule has 1 saturated heterocycles. The van der Waals surface area contributed by atoms with Crippen LogP contribution in [0.3, 0.4) is 0 Å². The lowest BCUT2D eigenvalue weighted by Gasteiger charge is -2.23. The van der Waals surface area contributed by atoms with Gasteiger partial charge in [-0.25, -0.2) is 0 Å². The summed E-state index contributed by atoms with van der Waals surface area (Å²) in [5.74, 6) is 0.153. The molecule has 3 rings (SSSR count). The fourth-order valence-electron chi connectivity index (χ4n) is 2.47. The van der Waals surface area contributed by atoms with Gasteiger partial charge in [0.2, 0.25) is 5.91 Å². The first kappa shape index (κ1) is 12.5. The number of aromatic nitrogens is 1. The summed E-state index contributed by atoms with van der Waals surface area (Å²) >= 11 is 5.96. The number of nitrogens with one attached hydrogen (secondary N) is 3. The number of aromatic amines is 1. The first-order valence-electron chi connectivity index (χ1n) is 6.48. The number of H-pyrrole nitrogens is 1. The summed E-state index contributed by atoms with van der Waals surface area (Å²) in [6.45, 7) is 1.51. The molecule has 1 aliphatic rings. The normalized spacial score (nSPS) is 19.6. The Labute approximate surface area is 116 Å². The third kappa shape index (κ3) is 2.74. The van der Waals surface area contributed by atoms with Gasteiger partial charge in [0.05, 0.1) is 0 Å². The minimum Gasteiger partial charge on any atom is -0.361 e. The maximum Gasteiger partial charge on any atom is 0.220 e. The summed E-state index contributed by atoms with van der Waals surface area (Å²) in [6.07, 6.45) is 3.52. The Balaban J connectivity index is 1.67. The summed E-state index contributed by atoms with van der Waals surface area (Å²) in [5.41, 5.74) is 2.28. The van der Waals surface area contributed by atoms with Crippen LogP contribution in [0.2, 0.25) is 5.02 Å². The summed E-state index contributed by atoms with van der Waals surface area (Å²) in [7, 11) is 0. The Morgan fingerprint density at radius 2 is 2.32 bits per heavy atom. The van der Waals surface area contributed by atoms with Gasteiger partial charge in [0.15, 0.2) is 0 Å². The van der Waals surface area contributed by atoms with Crippen LogP contribution in [0.15, 0.2) is 24.4 Å². The van der Waals surface area contributed by atoms with E-state index < -0.39 is 0 Å². The molecule has 2 aromatic rings. The molecule has 1 atom stereocenters. The fourth-order valence-corrected chi connectivity index (χ4v) is 2.64. The molecule has 0 aliphatic carbocycles. The van der Waals surface area contributed by atoms with Crippen molar-refractivity contribution >= 4 is 28.4 Å². The third-order valence-corrected chi connectivity index (χ3v) is 3.81. The second kappa shape index (κ2) is 5.23. The van der Waals surface area contributed by atoms with Gasteiger partial charge < -0.3 is 15.6 Å². The third-order valence-electron chi connectivity index (χ3n) is 3.58. The Morgan fingerprint density at radius 1 is 1.42 bits per heavy atom. The van der Waals surface area contributed by atoms with Crippen molar-refractivity contribution in [1.82, 2.24) is 15.6 Å². The van der Waals surface area contributed by atoms with Crippen molar-refractivity contribution in [3.05, 3.63) is 35.0 Å². The molecule has 2 heterocycles. The van der Waals surface area contributed by atoms with E-state index in [1.807, 2.05) is 24.4 Å². The monoisotopic (exact) mass is 277 g/mol. The zero-order chi connectivity index (χ0) is 13.2. The summed E-state index contributed by atoms with van der Waals surface area (Å²) < 4.78 is 0. The molecule has 19 heavy (non-hydrogen) atoms. The van der Waals surface area contributed by atoms with Crippen molar-refractivity contribution in [2.24, 2.45) is 0 Å². The van der Waals surface area contributed by atoms with Gasteiger partial charge in [0.1, 0.15) is 0 Å². The zero-order valence-electron chi connectivity index (χ0n) is 10.5. The molecule has 4 nitrogen and oxygen atoms in total. The Kier molecular flexibility index (Phi) is 3.44. The van der Waals surface area contributed by atoms with Gasteiger partial charge in [0.25, 0.3) is 0 Å². The maximum absolute atomic E-state index is 11.1. The fraction of sp³-hybridized carbons (Fsp3) is 0.357. The van der Waals surface area contributed by atoms with Crippen molar-refractivity contribution in [2.45, 2.75) is 25.4 Å². The highest BCUT2D eigenvalue weighted by Crippen LogP contribution is 2.22. The quantitative estimate of drug-likeness (QED) is 0.805. The number of carbonyl (C=O) groups is 1. The van der Waals surface area contributed by atoms with E-state index >= 15 is 0 Å². The number of fused-ring (bicyclic) bond motifs is 1. The minimum absolute atomic E-state index is 0.153. The molecule has 0 bridgehead atoms. The second-order valence-electron chi connectivity index (χ2n) is 4.92. The molecular weight excluding hydrogens is 262 g/mol. The van der Waals surface area contributed by atoms with E-state index in [1.54, 1.807) is 0 Å². The van der Waals surface area contributed by atoms with Crippen molar-refractivity contribution in [3.63, 3.8) is 0 Å². The first-order chi connectivity index (χ1) is 9.22. The lowest BCUT2D eigenvalue weighted by molar-refractivity contribution is -0.122. The molecule has 3 N–H and O–H groups in total. The molecule has 1 amide bonds. The summed E-state index contributed by atoms with van der Waals surface area (Å²) in [5, 5.41) is 8.29. The number of amides is 1. The molecule has 1 aliphatic heterocycles. The van der Waals surface area contributed by atoms with Gasteiger partial charge in [-0.2, -0.15) is 0 Å². The van der Waals surface area contributed by atoms with E-state index in [1.165, 1.54) is 10.9 Å². The lowest BCUT2D eigenvalue weighted by atomic mass is 10.1. The van der Waals surface area contributed by atoms with Crippen molar-refractivity contribution < 1.29 is 4.79 Å². The topological polar surface area (TPSA) is 56.9 Å². The maximum atomic E-state index is 11.1. The number of benzene rings is 1. The number of carbonyl (C=O) groups excluding carboxylic acids is 1. The van der Waals surface area contributed by atoms with Crippen LogP contribution in [0.1, 0.15) is 18.4 Å². The molecule has 1 aromatic carbocycles. The Bertz CT molecular complexity index is 598. The van der Waals surface area contributed by atoms with Gasteiger partial charge in [-0.1, -0.05) is 17.7 Å². The molecule has 5 heteroatoms. The smallest absolute Gasteiger partial charge is 0.220 e. The Hall–Kier alpha value is -1.52. The average molecular weight is 278 g/mol. The van der Waals surface area contributed by atoms with Crippen molar-refractivity contribution in [2.75, 3.05) is 6.54 Å². The highest BCUT2D eigenvalue weighted by Gasteiger charge is 2.17. The van der Waals surface area contributed by atoms with Crippen LogP contribution in [0.5, 0.6) is 0 Å². The van der Waals surface area contributed by atoms with Crippen molar-refractivity contribution in [3.8, 4) is 0 Å². The highest BCUT2D eigenvalue weighted by atomic mass is 35.5. The zero-order valence-corrected chi connectivity index (χ0v) is 11.3. The largest absolute Gasteiger partial charge is 0.361 e. The van der Waals surface area contributed by atoms with E-state index in [2.05, 4.69) is 15.6 Å². The van der Waals surface area contributed by atoms with E-state index in [0.29, 0.717) is 19.0 Å². The number of hydrogen-bond donors (Lipinski definition) is 3. The molecule has 100 valence electrons. The van der Waals surface area contributed by atoms with Gasteiger partial charge in [-0.3, -0.25) is 4.79 Å². The second-order valence-corrected chi connectivity index (χ2v) is 5.36. The lowest BCUT2D eigenvalue weighted by Crippen LogP contribution is -2.45. The number of rotatable bonds is 3. The van der Waals surface area contributed by atoms with Crippen LogP contribution in [0, 0.1) is 0 Å².